The van der Waals surface area contributed by atoms with E-state index in [1.54, 1.807) is 0 Å². The van der Waals surface area contributed by atoms with Crippen LogP contribution in [0.4, 0.5) is 13.2 Å². The molecular weight excluding hydrogens is 455 g/mol. The van der Waals surface area contributed by atoms with E-state index in [1.165, 1.54) is 6.42 Å². The quantitative estimate of drug-likeness (QED) is 0.419. The Hall–Kier alpha value is -2.07. The van der Waals surface area contributed by atoms with E-state index in [9.17, 15) is 27.6 Å². The predicted octanol–water partition coefficient (Wildman–Crippen LogP) is 2.96. The molecule has 0 bridgehead atoms. The second-order valence-electron chi connectivity index (χ2n) is 8.09. The molecule has 1 atom stereocenters. The number of ketones is 1. The fourth-order valence-electron chi connectivity index (χ4n) is 3.58. The Morgan fingerprint density at radius 1 is 1.06 bits per heavy atom. The standard InChI is InChI=1S/C23H32F3N3O3S/c24-23(25,26)20(30)17-33-15-7-10-19(28-21(31)16-18-8-3-1-4-9-18)22(32)27-11-14-29-12-5-2-6-13-29/h1,3-4,8-9,19H,2,5-7,10-17H2,(H,27,32)(H,28,31)/t19-/m0/s1. The van der Waals surface area contributed by atoms with Gasteiger partial charge in [-0.25, -0.2) is 0 Å². The minimum Gasteiger partial charge on any atom is -0.353 e. The van der Waals surface area contributed by atoms with Gasteiger partial charge in [-0.2, -0.15) is 24.9 Å². The summed E-state index contributed by atoms with van der Waals surface area (Å²) >= 11 is 0.879. The molecule has 0 unspecified atom stereocenters. The summed E-state index contributed by atoms with van der Waals surface area (Å²) in [6, 6.07) is 8.37. The second kappa shape index (κ2) is 14.2. The number of hydrogen-bond donors (Lipinski definition) is 2. The zero-order valence-electron chi connectivity index (χ0n) is 18.7. The van der Waals surface area contributed by atoms with Crippen LogP contribution in [-0.2, 0) is 20.8 Å². The van der Waals surface area contributed by atoms with E-state index in [-0.39, 0.29) is 30.4 Å². The minimum atomic E-state index is -4.82. The average molecular weight is 488 g/mol. The topological polar surface area (TPSA) is 78.5 Å². The van der Waals surface area contributed by atoms with Crippen LogP contribution in [-0.4, -0.2) is 72.4 Å². The molecule has 1 aliphatic rings. The highest BCUT2D eigenvalue weighted by atomic mass is 32.2. The Balaban J connectivity index is 1.81. The molecule has 0 aromatic heterocycles. The van der Waals surface area contributed by atoms with Gasteiger partial charge in [0.1, 0.15) is 6.04 Å². The van der Waals surface area contributed by atoms with Crippen molar-refractivity contribution in [1.82, 2.24) is 15.5 Å². The van der Waals surface area contributed by atoms with Crippen molar-refractivity contribution in [1.29, 1.82) is 0 Å². The summed E-state index contributed by atoms with van der Waals surface area (Å²) in [6.45, 7) is 3.24. The van der Waals surface area contributed by atoms with Crippen LogP contribution in [0, 0.1) is 0 Å². The van der Waals surface area contributed by atoms with Gasteiger partial charge in [0.05, 0.1) is 12.2 Å². The van der Waals surface area contributed by atoms with Crippen LogP contribution in [0.25, 0.3) is 0 Å². The van der Waals surface area contributed by atoms with Gasteiger partial charge in [-0.05, 0) is 50.1 Å². The second-order valence-corrected chi connectivity index (χ2v) is 9.20. The molecule has 1 heterocycles. The third kappa shape index (κ3) is 11.1. The number of piperidine rings is 1. The lowest BCUT2D eigenvalue weighted by Crippen LogP contribution is -2.49. The molecule has 0 radical (unpaired) electrons. The van der Waals surface area contributed by atoms with E-state index in [0.29, 0.717) is 13.0 Å². The van der Waals surface area contributed by atoms with Gasteiger partial charge in [-0.15, -0.1) is 0 Å². The number of Topliss-reactive ketones (excluding diaryl/α,β-unsaturated/α-hetero) is 1. The molecule has 2 N–H and O–H groups in total. The van der Waals surface area contributed by atoms with Crippen molar-refractivity contribution in [3.63, 3.8) is 0 Å². The van der Waals surface area contributed by atoms with Crippen LogP contribution < -0.4 is 10.6 Å². The van der Waals surface area contributed by atoms with Gasteiger partial charge >= 0.3 is 6.18 Å². The number of carbonyl (C=O) groups excluding carboxylic acids is 3. The van der Waals surface area contributed by atoms with Crippen LogP contribution in [0.2, 0.25) is 0 Å². The van der Waals surface area contributed by atoms with Crippen LogP contribution in [0.3, 0.4) is 0 Å². The summed E-state index contributed by atoms with van der Waals surface area (Å²) in [4.78, 5) is 38.4. The van der Waals surface area contributed by atoms with E-state index in [2.05, 4.69) is 15.5 Å². The molecule has 33 heavy (non-hydrogen) atoms. The molecule has 2 amide bonds. The van der Waals surface area contributed by atoms with Gasteiger partial charge in [0.15, 0.2) is 0 Å². The van der Waals surface area contributed by atoms with Crippen molar-refractivity contribution in [3.8, 4) is 0 Å². The molecule has 1 aliphatic heterocycles. The fourth-order valence-corrected chi connectivity index (χ4v) is 4.44. The summed E-state index contributed by atoms with van der Waals surface area (Å²) in [5.74, 6) is -2.72. The molecule has 0 aliphatic carbocycles. The first-order valence-electron chi connectivity index (χ1n) is 11.3. The van der Waals surface area contributed by atoms with Crippen molar-refractivity contribution in [3.05, 3.63) is 35.9 Å². The van der Waals surface area contributed by atoms with Crippen LogP contribution in [0.5, 0.6) is 0 Å². The molecule has 0 saturated carbocycles. The highest BCUT2D eigenvalue weighted by Crippen LogP contribution is 2.19. The normalized spacial score (nSPS) is 15.6. The monoisotopic (exact) mass is 487 g/mol. The summed E-state index contributed by atoms with van der Waals surface area (Å²) in [5.41, 5.74) is 0.820. The van der Waals surface area contributed by atoms with Gasteiger partial charge in [-0.1, -0.05) is 36.8 Å². The lowest BCUT2D eigenvalue weighted by molar-refractivity contribution is -0.167. The molecule has 1 aromatic rings. The summed E-state index contributed by atoms with van der Waals surface area (Å²) in [6.07, 6.45) is -0.483. The number of rotatable bonds is 13. The Labute approximate surface area is 197 Å². The van der Waals surface area contributed by atoms with Crippen LogP contribution >= 0.6 is 11.8 Å². The number of benzene rings is 1. The number of alkyl halides is 3. The fraction of sp³-hybridized carbons (Fsp3) is 0.609. The summed E-state index contributed by atoms with van der Waals surface area (Å²) < 4.78 is 36.9. The highest BCUT2D eigenvalue weighted by Gasteiger charge is 2.37. The maximum absolute atomic E-state index is 12.7. The largest absolute Gasteiger partial charge is 0.450 e. The van der Waals surface area contributed by atoms with Gasteiger partial charge in [-0.3, -0.25) is 14.4 Å². The third-order valence-corrected chi connectivity index (χ3v) is 6.41. The number of carbonyl (C=O) groups is 3. The average Bonchev–Trinajstić information content (AvgIpc) is 2.78. The van der Waals surface area contributed by atoms with Crippen molar-refractivity contribution in [2.75, 3.05) is 37.7 Å². The number of nitrogens with zero attached hydrogens (tertiary/aromatic N) is 1. The zero-order valence-corrected chi connectivity index (χ0v) is 19.5. The molecule has 0 spiro atoms. The molecular formula is C23H32F3N3O3S. The summed E-state index contributed by atoms with van der Waals surface area (Å²) in [5, 5.41) is 5.63. The van der Waals surface area contributed by atoms with E-state index in [0.717, 1.165) is 49.8 Å². The van der Waals surface area contributed by atoms with Crippen molar-refractivity contribution >= 4 is 29.4 Å². The first kappa shape index (κ1) is 27.2. The highest BCUT2D eigenvalue weighted by molar-refractivity contribution is 7.99. The number of halogens is 3. The van der Waals surface area contributed by atoms with E-state index >= 15 is 0 Å². The molecule has 184 valence electrons. The lowest BCUT2D eigenvalue weighted by Gasteiger charge is -2.26. The van der Waals surface area contributed by atoms with E-state index in [4.69, 9.17) is 0 Å². The van der Waals surface area contributed by atoms with Crippen molar-refractivity contribution in [2.45, 2.75) is 50.7 Å². The van der Waals surface area contributed by atoms with E-state index < -0.39 is 23.8 Å². The molecule has 6 nitrogen and oxygen atoms in total. The Kier molecular flexibility index (Phi) is 11.7. The van der Waals surface area contributed by atoms with Crippen molar-refractivity contribution < 1.29 is 27.6 Å². The maximum atomic E-state index is 12.7. The Bertz CT molecular complexity index is 756. The molecule has 1 saturated heterocycles. The summed E-state index contributed by atoms with van der Waals surface area (Å²) in [7, 11) is 0. The van der Waals surface area contributed by atoms with Gasteiger partial charge in [0.25, 0.3) is 0 Å². The number of hydrogen-bond acceptors (Lipinski definition) is 5. The lowest BCUT2D eigenvalue weighted by atomic mass is 10.1. The smallest absolute Gasteiger partial charge is 0.353 e. The first-order chi connectivity index (χ1) is 15.8. The third-order valence-electron chi connectivity index (χ3n) is 5.37. The minimum absolute atomic E-state index is 0.132. The molecule has 1 fully saturated rings. The van der Waals surface area contributed by atoms with Gasteiger partial charge in [0, 0.05) is 13.1 Å². The predicted molar refractivity (Wildman–Crippen MR) is 123 cm³/mol. The Morgan fingerprint density at radius 2 is 1.76 bits per heavy atom. The SMILES string of the molecule is O=C(Cc1ccccc1)N[C@@H](CCCSCC(=O)C(F)(F)F)C(=O)NCCN1CCCCC1. The maximum Gasteiger partial charge on any atom is 0.450 e. The van der Waals surface area contributed by atoms with Gasteiger partial charge < -0.3 is 15.5 Å². The van der Waals surface area contributed by atoms with Gasteiger partial charge in [0.2, 0.25) is 17.6 Å². The molecule has 1 aromatic carbocycles. The molecule has 10 heteroatoms. The van der Waals surface area contributed by atoms with Crippen molar-refractivity contribution in [2.24, 2.45) is 0 Å². The first-order valence-corrected chi connectivity index (χ1v) is 12.4. The zero-order chi connectivity index (χ0) is 24.1. The van der Waals surface area contributed by atoms with E-state index in [1.807, 2.05) is 30.3 Å². The Morgan fingerprint density at radius 3 is 2.42 bits per heavy atom. The number of likely N-dealkylation sites (tertiary alicyclic amines) is 1. The molecule has 2 rings (SSSR count). The van der Waals surface area contributed by atoms with Crippen LogP contribution in [0.15, 0.2) is 30.3 Å². The number of amides is 2. The number of thioether (sulfide) groups is 1. The number of nitrogens with one attached hydrogen (secondary N) is 2. The van der Waals surface area contributed by atoms with Crippen LogP contribution in [0.1, 0.15) is 37.7 Å².